The molecule has 0 bridgehead atoms. The van der Waals surface area contributed by atoms with Crippen LogP contribution in [0.4, 0.5) is 0 Å². The predicted octanol–water partition coefficient (Wildman–Crippen LogP) is 3.36. The number of rotatable bonds is 5. The van der Waals surface area contributed by atoms with E-state index in [1.807, 2.05) is 0 Å². The van der Waals surface area contributed by atoms with Gasteiger partial charge in [0.1, 0.15) is 11.9 Å². The quantitative estimate of drug-likeness (QED) is 0.866. The maximum Gasteiger partial charge on any atom is 0.127 e. The van der Waals surface area contributed by atoms with Crippen molar-refractivity contribution in [3.05, 3.63) is 42.5 Å². The van der Waals surface area contributed by atoms with Gasteiger partial charge in [0.25, 0.3) is 0 Å². The highest BCUT2D eigenvalue weighted by Crippen LogP contribution is 2.26. The zero-order valence-electron chi connectivity index (χ0n) is 10.7. The second-order valence-electron chi connectivity index (χ2n) is 5.09. The number of hydrogen-bond acceptors (Lipinski definition) is 2. The second kappa shape index (κ2) is 4.99. The molecule has 2 heteroatoms. The summed E-state index contributed by atoms with van der Waals surface area (Å²) < 4.78 is 6.04. The molecule has 1 unspecified atom stereocenters. The molecule has 2 aromatic carbocycles. The SMILES string of the molecule is CC(CNC1CC1)Oc1cccc2ccccc12. The fraction of sp³-hybridized carbons (Fsp3) is 0.375. The van der Waals surface area contributed by atoms with Crippen LogP contribution < -0.4 is 10.1 Å². The van der Waals surface area contributed by atoms with E-state index in [0.717, 1.165) is 18.3 Å². The van der Waals surface area contributed by atoms with Crippen LogP contribution in [0.15, 0.2) is 42.5 Å². The van der Waals surface area contributed by atoms with Gasteiger partial charge in [-0.3, -0.25) is 0 Å². The van der Waals surface area contributed by atoms with E-state index in [1.54, 1.807) is 0 Å². The molecule has 0 radical (unpaired) electrons. The van der Waals surface area contributed by atoms with Crippen molar-refractivity contribution in [2.24, 2.45) is 0 Å². The molecule has 0 saturated heterocycles. The van der Waals surface area contributed by atoms with E-state index in [0.29, 0.717) is 0 Å². The summed E-state index contributed by atoms with van der Waals surface area (Å²) >= 11 is 0. The molecule has 1 atom stereocenters. The lowest BCUT2D eigenvalue weighted by molar-refractivity contribution is 0.219. The van der Waals surface area contributed by atoms with Crippen LogP contribution in [0.5, 0.6) is 5.75 Å². The van der Waals surface area contributed by atoms with Gasteiger partial charge in [-0.2, -0.15) is 0 Å². The molecule has 1 saturated carbocycles. The molecule has 0 aliphatic heterocycles. The topological polar surface area (TPSA) is 21.3 Å². The Bertz CT molecular complexity index is 528. The molecule has 94 valence electrons. The third-order valence-corrected chi connectivity index (χ3v) is 3.35. The molecule has 0 aromatic heterocycles. The molecule has 0 spiro atoms. The van der Waals surface area contributed by atoms with Gasteiger partial charge in [0.15, 0.2) is 0 Å². The van der Waals surface area contributed by atoms with Crippen LogP contribution >= 0.6 is 0 Å². The van der Waals surface area contributed by atoms with Crippen LogP contribution in [-0.2, 0) is 0 Å². The van der Waals surface area contributed by atoms with Crippen LogP contribution in [0, 0.1) is 0 Å². The van der Waals surface area contributed by atoms with Gasteiger partial charge < -0.3 is 10.1 Å². The van der Waals surface area contributed by atoms with Crippen molar-refractivity contribution in [2.45, 2.75) is 31.9 Å². The molecule has 0 amide bonds. The highest BCUT2D eigenvalue weighted by atomic mass is 16.5. The number of benzene rings is 2. The van der Waals surface area contributed by atoms with E-state index >= 15 is 0 Å². The van der Waals surface area contributed by atoms with E-state index < -0.39 is 0 Å². The minimum absolute atomic E-state index is 0.205. The summed E-state index contributed by atoms with van der Waals surface area (Å²) in [5.74, 6) is 0.984. The standard InChI is InChI=1S/C16H19NO/c1-12(11-17-14-9-10-14)18-16-8-4-6-13-5-2-3-7-15(13)16/h2-8,12,14,17H,9-11H2,1H3. The van der Waals surface area contributed by atoms with Crippen LogP contribution in [-0.4, -0.2) is 18.7 Å². The van der Waals surface area contributed by atoms with Crippen molar-refractivity contribution >= 4 is 10.8 Å². The third-order valence-electron chi connectivity index (χ3n) is 3.35. The van der Waals surface area contributed by atoms with Gasteiger partial charge in [0.05, 0.1) is 0 Å². The molecule has 0 heterocycles. The van der Waals surface area contributed by atoms with Crippen LogP contribution in [0.3, 0.4) is 0 Å². The zero-order chi connectivity index (χ0) is 12.4. The van der Waals surface area contributed by atoms with E-state index in [9.17, 15) is 0 Å². The van der Waals surface area contributed by atoms with Crippen molar-refractivity contribution < 1.29 is 4.74 Å². The molecular formula is C16H19NO. The Morgan fingerprint density at radius 1 is 1.17 bits per heavy atom. The maximum atomic E-state index is 6.04. The summed E-state index contributed by atoms with van der Waals surface area (Å²) in [6, 6.07) is 15.3. The molecule has 2 aromatic rings. The van der Waals surface area contributed by atoms with Gasteiger partial charge in [-0.25, -0.2) is 0 Å². The highest BCUT2D eigenvalue weighted by molar-refractivity contribution is 5.88. The fourth-order valence-corrected chi connectivity index (χ4v) is 2.18. The minimum atomic E-state index is 0.205. The van der Waals surface area contributed by atoms with Gasteiger partial charge in [-0.15, -0.1) is 0 Å². The van der Waals surface area contributed by atoms with Crippen LogP contribution in [0.2, 0.25) is 0 Å². The van der Waals surface area contributed by atoms with E-state index in [2.05, 4.69) is 54.7 Å². The summed E-state index contributed by atoms with van der Waals surface area (Å²) in [7, 11) is 0. The first-order chi connectivity index (χ1) is 8.83. The van der Waals surface area contributed by atoms with E-state index in [-0.39, 0.29) is 6.10 Å². The van der Waals surface area contributed by atoms with Crippen LogP contribution in [0.1, 0.15) is 19.8 Å². The maximum absolute atomic E-state index is 6.04. The molecule has 1 aliphatic rings. The smallest absolute Gasteiger partial charge is 0.127 e. The zero-order valence-corrected chi connectivity index (χ0v) is 10.7. The molecule has 1 aliphatic carbocycles. The van der Waals surface area contributed by atoms with Gasteiger partial charge in [0.2, 0.25) is 0 Å². The Labute approximate surface area is 108 Å². The molecular weight excluding hydrogens is 222 g/mol. The van der Waals surface area contributed by atoms with Crippen molar-refractivity contribution in [1.82, 2.24) is 5.32 Å². The molecule has 1 N–H and O–H groups in total. The summed E-state index contributed by atoms with van der Waals surface area (Å²) in [4.78, 5) is 0. The number of ether oxygens (including phenoxy) is 1. The Hall–Kier alpha value is -1.54. The Morgan fingerprint density at radius 3 is 2.78 bits per heavy atom. The summed E-state index contributed by atoms with van der Waals surface area (Å²) in [5, 5.41) is 5.93. The predicted molar refractivity (Wildman–Crippen MR) is 75.1 cm³/mol. The lowest BCUT2D eigenvalue weighted by Crippen LogP contribution is -2.30. The Balaban J connectivity index is 1.72. The monoisotopic (exact) mass is 241 g/mol. The lowest BCUT2D eigenvalue weighted by atomic mass is 10.1. The molecule has 1 fully saturated rings. The van der Waals surface area contributed by atoms with Gasteiger partial charge in [0, 0.05) is 18.0 Å². The van der Waals surface area contributed by atoms with Crippen molar-refractivity contribution in [2.75, 3.05) is 6.54 Å². The minimum Gasteiger partial charge on any atom is -0.489 e. The van der Waals surface area contributed by atoms with Crippen molar-refractivity contribution in [3.63, 3.8) is 0 Å². The van der Waals surface area contributed by atoms with Crippen molar-refractivity contribution in [1.29, 1.82) is 0 Å². The second-order valence-corrected chi connectivity index (χ2v) is 5.09. The average molecular weight is 241 g/mol. The van der Waals surface area contributed by atoms with Crippen molar-refractivity contribution in [3.8, 4) is 5.75 Å². The van der Waals surface area contributed by atoms with Gasteiger partial charge >= 0.3 is 0 Å². The molecule has 3 rings (SSSR count). The Morgan fingerprint density at radius 2 is 1.94 bits per heavy atom. The molecule has 18 heavy (non-hydrogen) atoms. The van der Waals surface area contributed by atoms with Gasteiger partial charge in [-0.05, 0) is 31.2 Å². The first-order valence-electron chi connectivity index (χ1n) is 6.71. The lowest BCUT2D eigenvalue weighted by Gasteiger charge is -2.16. The fourth-order valence-electron chi connectivity index (χ4n) is 2.18. The normalized spacial score (nSPS) is 16.7. The molecule has 2 nitrogen and oxygen atoms in total. The van der Waals surface area contributed by atoms with Crippen LogP contribution in [0.25, 0.3) is 10.8 Å². The highest BCUT2D eigenvalue weighted by Gasteiger charge is 2.21. The first kappa shape index (κ1) is 11.5. The Kier molecular flexibility index (Phi) is 3.20. The van der Waals surface area contributed by atoms with E-state index in [1.165, 1.54) is 23.6 Å². The number of nitrogens with one attached hydrogen (secondary N) is 1. The van der Waals surface area contributed by atoms with E-state index in [4.69, 9.17) is 4.74 Å². The first-order valence-corrected chi connectivity index (χ1v) is 6.71. The summed E-state index contributed by atoms with van der Waals surface area (Å²) in [6.45, 7) is 3.05. The summed E-state index contributed by atoms with van der Waals surface area (Å²) in [5.41, 5.74) is 0. The number of fused-ring (bicyclic) bond motifs is 1. The summed E-state index contributed by atoms with van der Waals surface area (Å²) in [6.07, 6.45) is 2.85. The average Bonchev–Trinajstić information content (AvgIpc) is 3.21. The number of hydrogen-bond donors (Lipinski definition) is 1. The largest absolute Gasteiger partial charge is 0.489 e. The third kappa shape index (κ3) is 2.65. The van der Waals surface area contributed by atoms with Gasteiger partial charge in [-0.1, -0.05) is 36.4 Å².